The molecule has 0 atom stereocenters. The highest BCUT2D eigenvalue weighted by Crippen LogP contribution is 2.31. The zero-order valence-corrected chi connectivity index (χ0v) is 19.8. The third-order valence-electron chi connectivity index (χ3n) is 6.21. The minimum atomic E-state index is -0.537. The van der Waals surface area contributed by atoms with Gasteiger partial charge in [-0.2, -0.15) is 0 Å². The maximum absolute atomic E-state index is 14.7. The molecule has 0 saturated carbocycles. The molecule has 4 aromatic rings. The van der Waals surface area contributed by atoms with Gasteiger partial charge >= 0.3 is 6.01 Å². The molecule has 182 valence electrons. The van der Waals surface area contributed by atoms with Gasteiger partial charge in [0.25, 0.3) is 5.91 Å². The van der Waals surface area contributed by atoms with Crippen molar-refractivity contribution in [3.8, 4) is 28.4 Å². The number of amides is 2. The number of carbonyl (C=O) groups excluding carboxylic acids is 2. The van der Waals surface area contributed by atoms with Gasteiger partial charge in [-0.1, -0.05) is 6.07 Å². The number of hydrogen-bond acceptors (Lipinski definition) is 7. The van der Waals surface area contributed by atoms with Gasteiger partial charge in [0.05, 0.1) is 18.3 Å². The molecule has 0 bridgehead atoms. The lowest BCUT2D eigenvalue weighted by Crippen LogP contribution is -2.50. The summed E-state index contributed by atoms with van der Waals surface area (Å²) in [4.78, 5) is 45.2. The number of hydrogen-bond donors (Lipinski definition) is 0. The number of methoxy groups -OCH3 is 1. The van der Waals surface area contributed by atoms with E-state index in [0.717, 1.165) is 11.1 Å². The van der Waals surface area contributed by atoms with Crippen molar-refractivity contribution in [2.75, 3.05) is 33.3 Å². The van der Waals surface area contributed by atoms with Crippen molar-refractivity contribution in [2.24, 2.45) is 0 Å². The number of rotatable bonds is 4. The predicted molar refractivity (Wildman–Crippen MR) is 131 cm³/mol. The van der Waals surface area contributed by atoms with Crippen molar-refractivity contribution >= 4 is 22.7 Å². The minimum Gasteiger partial charge on any atom is -0.467 e. The fourth-order valence-corrected chi connectivity index (χ4v) is 4.29. The molecule has 36 heavy (non-hydrogen) atoms. The van der Waals surface area contributed by atoms with Crippen LogP contribution in [-0.4, -0.2) is 74.8 Å². The van der Waals surface area contributed by atoms with Gasteiger partial charge in [0.15, 0.2) is 0 Å². The molecule has 2 amide bonds. The molecule has 0 unspecified atom stereocenters. The average molecular weight is 487 g/mol. The summed E-state index contributed by atoms with van der Waals surface area (Å²) in [6.07, 6.45) is 4.73. The SMILES string of the molecule is COc1ncc(-c2ccc3ncnc(-c4cc(F)cc(C(=O)N5CCN(C(C)=O)CC5)c4)c3c2)cn1. The fourth-order valence-electron chi connectivity index (χ4n) is 4.29. The third-order valence-corrected chi connectivity index (χ3v) is 6.21. The Morgan fingerprint density at radius 2 is 1.58 bits per heavy atom. The second kappa shape index (κ2) is 9.65. The van der Waals surface area contributed by atoms with E-state index in [-0.39, 0.29) is 23.4 Å². The van der Waals surface area contributed by atoms with Gasteiger partial charge < -0.3 is 14.5 Å². The smallest absolute Gasteiger partial charge is 0.316 e. The lowest BCUT2D eigenvalue weighted by Gasteiger charge is -2.34. The summed E-state index contributed by atoms with van der Waals surface area (Å²) in [5.74, 6) is -0.843. The molecule has 1 saturated heterocycles. The first-order valence-electron chi connectivity index (χ1n) is 11.4. The van der Waals surface area contributed by atoms with E-state index in [1.807, 2.05) is 18.2 Å². The van der Waals surface area contributed by atoms with E-state index in [9.17, 15) is 14.0 Å². The molecule has 1 fully saturated rings. The van der Waals surface area contributed by atoms with Gasteiger partial charge in [0, 0.05) is 67.6 Å². The molecule has 0 aliphatic carbocycles. The first-order valence-corrected chi connectivity index (χ1v) is 11.4. The Labute approximate surface area is 206 Å². The van der Waals surface area contributed by atoms with E-state index in [1.165, 1.54) is 32.5 Å². The average Bonchev–Trinajstić information content (AvgIpc) is 2.91. The van der Waals surface area contributed by atoms with Crippen LogP contribution in [0.4, 0.5) is 4.39 Å². The number of halogens is 1. The van der Waals surface area contributed by atoms with Crippen LogP contribution in [0.2, 0.25) is 0 Å². The van der Waals surface area contributed by atoms with E-state index in [0.29, 0.717) is 48.3 Å². The molecule has 3 heterocycles. The standard InChI is InChI=1S/C26H23FN6O3/c1-16(34)32-5-7-33(8-6-32)25(35)19-9-18(10-21(27)11-19)24-22-12-17(3-4-23(22)30-15-31-24)20-13-28-26(36-2)29-14-20/h3-4,9-15H,5-8H2,1-2H3. The van der Waals surface area contributed by atoms with Crippen LogP contribution in [0, 0.1) is 5.82 Å². The van der Waals surface area contributed by atoms with Crippen molar-refractivity contribution in [3.05, 3.63) is 66.5 Å². The van der Waals surface area contributed by atoms with Crippen LogP contribution < -0.4 is 4.74 Å². The van der Waals surface area contributed by atoms with Gasteiger partial charge in [-0.25, -0.2) is 24.3 Å². The summed E-state index contributed by atoms with van der Waals surface area (Å²) in [7, 11) is 1.50. The van der Waals surface area contributed by atoms with Gasteiger partial charge in [0.1, 0.15) is 12.1 Å². The molecular formula is C26H23FN6O3. The monoisotopic (exact) mass is 486 g/mol. The molecular weight excluding hydrogens is 463 g/mol. The van der Waals surface area contributed by atoms with E-state index >= 15 is 0 Å². The van der Waals surface area contributed by atoms with Gasteiger partial charge in [-0.3, -0.25) is 9.59 Å². The Morgan fingerprint density at radius 1 is 0.861 bits per heavy atom. The predicted octanol–water partition coefficient (Wildman–Crippen LogP) is 3.21. The molecule has 10 heteroatoms. The van der Waals surface area contributed by atoms with Crippen LogP contribution in [-0.2, 0) is 4.79 Å². The molecule has 5 rings (SSSR count). The van der Waals surface area contributed by atoms with Crippen LogP contribution in [0.5, 0.6) is 6.01 Å². The van der Waals surface area contributed by atoms with E-state index < -0.39 is 5.82 Å². The van der Waals surface area contributed by atoms with Gasteiger partial charge in [0.2, 0.25) is 5.91 Å². The molecule has 9 nitrogen and oxygen atoms in total. The first kappa shape index (κ1) is 23.3. The Bertz CT molecular complexity index is 1450. The highest BCUT2D eigenvalue weighted by molar-refractivity contribution is 5.99. The molecule has 1 aliphatic heterocycles. The summed E-state index contributed by atoms with van der Waals surface area (Å²) >= 11 is 0. The highest BCUT2D eigenvalue weighted by Gasteiger charge is 2.24. The molecule has 1 aliphatic rings. The molecule has 2 aromatic heterocycles. The Balaban J connectivity index is 1.50. The van der Waals surface area contributed by atoms with Crippen LogP contribution in [0.25, 0.3) is 33.3 Å². The lowest BCUT2D eigenvalue weighted by atomic mass is 10.00. The zero-order valence-electron chi connectivity index (χ0n) is 19.8. The highest BCUT2D eigenvalue weighted by atomic mass is 19.1. The number of aromatic nitrogens is 4. The van der Waals surface area contributed by atoms with E-state index in [1.54, 1.807) is 28.3 Å². The lowest BCUT2D eigenvalue weighted by molar-refractivity contribution is -0.130. The molecule has 0 N–H and O–H groups in total. The largest absolute Gasteiger partial charge is 0.467 e. The Hall–Kier alpha value is -4.47. The third kappa shape index (κ3) is 4.57. The Kier molecular flexibility index (Phi) is 6.24. The molecule has 0 radical (unpaired) electrons. The number of ether oxygens (including phenoxy) is 1. The summed E-state index contributed by atoms with van der Waals surface area (Å²) < 4.78 is 19.8. The second-order valence-electron chi connectivity index (χ2n) is 8.44. The Morgan fingerprint density at radius 3 is 2.28 bits per heavy atom. The van der Waals surface area contributed by atoms with Crippen molar-refractivity contribution in [2.45, 2.75) is 6.92 Å². The van der Waals surface area contributed by atoms with Crippen LogP contribution in [0.1, 0.15) is 17.3 Å². The van der Waals surface area contributed by atoms with E-state index in [2.05, 4.69) is 19.9 Å². The van der Waals surface area contributed by atoms with Crippen LogP contribution in [0.15, 0.2) is 55.1 Å². The maximum Gasteiger partial charge on any atom is 0.316 e. The number of benzene rings is 2. The van der Waals surface area contributed by atoms with Crippen molar-refractivity contribution in [3.63, 3.8) is 0 Å². The zero-order chi connectivity index (χ0) is 25.2. The van der Waals surface area contributed by atoms with Crippen molar-refractivity contribution < 1.29 is 18.7 Å². The first-order chi connectivity index (χ1) is 17.4. The molecule has 2 aromatic carbocycles. The topological polar surface area (TPSA) is 101 Å². The second-order valence-corrected chi connectivity index (χ2v) is 8.44. The fraction of sp³-hybridized carbons (Fsp3) is 0.231. The van der Waals surface area contributed by atoms with Crippen molar-refractivity contribution in [1.82, 2.24) is 29.7 Å². The molecule has 0 spiro atoms. The summed E-state index contributed by atoms with van der Waals surface area (Å²) in [5.41, 5.74) is 3.48. The summed E-state index contributed by atoms with van der Waals surface area (Å²) in [6.45, 7) is 3.22. The normalized spacial score (nSPS) is 13.6. The van der Waals surface area contributed by atoms with Crippen LogP contribution in [0.3, 0.4) is 0 Å². The van der Waals surface area contributed by atoms with Crippen LogP contribution >= 0.6 is 0 Å². The van der Waals surface area contributed by atoms with Gasteiger partial charge in [-0.15, -0.1) is 0 Å². The number of nitrogens with zero attached hydrogens (tertiary/aromatic N) is 6. The number of carbonyl (C=O) groups is 2. The quantitative estimate of drug-likeness (QED) is 0.437. The summed E-state index contributed by atoms with van der Waals surface area (Å²) in [6, 6.07) is 10.1. The van der Waals surface area contributed by atoms with Crippen molar-refractivity contribution in [1.29, 1.82) is 0 Å². The summed E-state index contributed by atoms with van der Waals surface area (Å²) in [5, 5.41) is 0.699. The number of fused-ring (bicyclic) bond motifs is 1. The maximum atomic E-state index is 14.7. The number of piperazine rings is 1. The van der Waals surface area contributed by atoms with Gasteiger partial charge in [-0.05, 0) is 35.9 Å². The minimum absolute atomic E-state index is 0.0219. The van der Waals surface area contributed by atoms with E-state index in [4.69, 9.17) is 4.74 Å².